The van der Waals surface area contributed by atoms with Crippen LogP contribution in [0, 0.1) is 6.92 Å². The molecule has 72 valence electrons. The van der Waals surface area contributed by atoms with E-state index in [0.29, 0.717) is 5.76 Å². The molecule has 1 aromatic rings. The van der Waals surface area contributed by atoms with Gasteiger partial charge in [-0.3, -0.25) is 4.79 Å². The molecule has 0 radical (unpaired) electrons. The first kappa shape index (κ1) is 9.79. The number of hydrogen-bond donors (Lipinski definition) is 1. The Hall–Kier alpha value is -1.30. The molecule has 1 aromatic heterocycles. The molecule has 0 unspecified atom stereocenters. The Morgan fingerprint density at radius 2 is 2.15 bits per heavy atom. The van der Waals surface area contributed by atoms with Gasteiger partial charge in [-0.15, -0.1) is 0 Å². The highest BCUT2D eigenvalue weighted by molar-refractivity contribution is 7.89. The summed E-state index contributed by atoms with van der Waals surface area (Å²) in [6.07, 6.45) is 2.12. The molecule has 0 bridgehead atoms. The van der Waals surface area contributed by atoms with E-state index >= 15 is 0 Å². The first-order valence-corrected chi connectivity index (χ1v) is 5.35. The second-order valence-corrected chi connectivity index (χ2v) is 4.40. The molecule has 1 amide bonds. The number of sulfonamides is 1. The number of nitrogens with one attached hydrogen (secondary N) is 1. The lowest BCUT2D eigenvalue weighted by Gasteiger charge is -1.97. The van der Waals surface area contributed by atoms with E-state index in [2.05, 4.69) is 0 Å². The van der Waals surface area contributed by atoms with E-state index in [0.717, 1.165) is 6.26 Å². The minimum atomic E-state index is -3.50. The Labute approximate surface area is 75.8 Å². The summed E-state index contributed by atoms with van der Waals surface area (Å²) in [6.45, 7) is 1.66. The van der Waals surface area contributed by atoms with Crippen LogP contribution in [0.5, 0.6) is 0 Å². The van der Waals surface area contributed by atoms with Crippen molar-refractivity contribution in [3.8, 4) is 0 Å². The lowest BCUT2D eigenvalue weighted by molar-refractivity contribution is 0.0981. The summed E-state index contributed by atoms with van der Waals surface area (Å²) in [6, 6.07) is 1.46. The minimum absolute atomic E-state index is 0.197. The molecule has 0 aliphatic heterocycles. The molecule has 0 saturated heterocycles. The van der Waals surface area contributed by atoms with Crippen molar-refractivity contribution in [2.45, 2.75) is 6.92 Å². The Balaban J connectivity index is 2.81. The summed E-state index contributed by atoms with van der Waals surface area (Å²) in [4.78, 5) is 11.1. The normalized spacial score (nSPS) is 11.2. The van der Waals surface area contributed by atoms with Crippen molar-refractivity contribution in [1.29, 1.82) is 0 Å². The van der Waals surface area contributed by atoms with Crippen LogP contribution in [-0.4, -0.2) is 20.6 Å². The summed E-state index contributed by atoms with van der Waals surface area (Å²) >= 11 is 0. The molecule has 0 aromatic carbocycles. The fraction of sp³-hybridized carbons (Fsp3) is 0.286. The molecule has 5 nitrogen and oxygen atoms in total. The van der Waals surface area contributed by atoms with Crippen LogP contribution in [0.1, 0.15) is 16.1 Å². The van der Waals surface area contributed by atoms with Crippen LogP contribution in [0.2, 0.25) is 0 Å². The van der Waals surface area contributed by atoms with E-state index in [-0.39, 0.29) is 5.56 Å². The number of hydrogen-bond acceptors (Lipinski definition) is 4. The van der Waals surface area contributed by atoms with Gasteiger partial charge in [-0.1, -0.05) is 0 Å². The third-order valence-corrected chi connectivity index (χ3v) is 1.83. The van der Waals surface area contributed by atoms with Crippen molar-refractivity contribution in [3.05, 3.63) is 23.7 Å². The van der Waals surface area contributed by atoms with Crippen LogP contribution >= 0.6 is 0 Å². The van der Waals surface area contributed by atoms with Crippen molar-refractivity contribution < 1.29 is 17.6 Å². The van der Waals surface area contributed by atoms with Crippen molar-refractivity contribution in [3.63, 3.8) is 0 Å². The van der Waals surface area contributed by atoms with Gasteiger partial charge in [-0.05, 0) is 13.0 Å². The summed E-state index contributed by atoms with van der Waals surface area (Å²) in [5, 5.41) is 0. The average molecular weight is 203 g/mol. The van der Waals surface area contributed by atoms with E-state index in [1.54, 1.807) is 6.92 Å². The Kier molecular flexibility index (Phi) is 2.42. The fourth-order valence-electron chi connectivity index (χ4n) is 0.790. The van der Waals surface area contributed by atoms with Crippen LogP contribution in [-0.2, 0) is 10.0 Å². The molecular formula is C7H9NO4S. The second-order valence-electron chi connectivity index (χ2n) is 2.65. The van der Waals surface area contributed by atoms with E-state index in [1.165, 1.54) is 12.3 Å². The SMILES string of the molecule is Cc1cc(C(=O)NS(C)(=O)=O)co1. The molecule has 0 spiro atoms. The monoisotopic (exact) mass is 203 g/mol. The predicted octanol–water partition coefficient (Wildman–Crippen LogP) is 0.277. The molecule has 0 saturated carbocycles. The van der Waals surface area contributed by atoms with E-state index in [9.17, 15) is 13.2 Å². The zero-order valence-electron chi connectivity index (χ0n) is 7.20. The van der Waals surface area contributed by atoms with Crippen molar-refractivity contribution in [2.75, 3.05) is 6.26 Å². The molecular weight excluding hydrogens is 194 g/mol. The largest absolute Gasteiger partial charge is 0.469 e. The summed E-state index contributed by atoms with van der Waals surface area (Å²) in [7, 11) is -3.50. The highest BCUT2D eigenvalue weighted by Gasteiger charge is 2.12. The van der Waals surface area contributed by atoms with Crippen LogP contribution < -0.4 is 4.72 Å². The van der Waals surface area contributed by atoms with E-state index in [4.69, 9.17) is 4.42 Å². The van der Waals surface area contributed by atoms with Gasteiger partial charge in [0.2, 0.25) is 10.0 Å². The van der Waals surface area contributed by atoms with Crippen molar-refractivity contribution in [1.82, 2.24) is 4.72 Å². The molecule has 0 aliphatic rings. The van der Waals surface area contributed by atoms with Gasteiger partial charge in [0.15, 0.2) is 0 Å². The summed E-state index contributed by atoms with van der Waals surface area (Å²) in [5.74, 6) is -0.127. The number of aryl methyl sites for hydroxylation is 1. The number of furan rings is 1. The molecule has 0 aliphatic carbocycles. The third kappa shape index (κ3) is 2.90. The lowest BCUT2D eigenvalue weighted by Crippen LogP contribution is -2.28. The molecule has 1 rings (SSSR count). The van der Waals surface area contributed by atoms with E-state index in [1.807, 2.05) is 4.72 Å². The maximum atomic E-state index is 11.1. The average Bonchev–Trinajstić information content (AvgIpc) is 2.31. The smallest absolute Gasteiger partial charge is 0.267 e. The molecule has 0 fully saturated rings. The zero-order valence-corrected chi connectivity index (χ0v) is 8.01. The van der Waals surface area contributed by atoms with Crippen LogP contribution in [0.4, 0.5) is 0 Å². The Bertz CT molecular complexity index is 417. The first-order chi connectivity index (χ1) is 5.88. The summed E-state index contributed by atoms with van der Waals surface area (Å²) in [5.41, 5.74) is 0.197. The van der Waals surface area contributed by atoms with Gasteiger partial charge in [-0.25, -0.2) is 13.1 Å². The highest BCUT2D eigenvalue weighted by atomic mass is 32.2. The number of rotatable bonds is 2. The van der Waals surface area contributed by atoms with Gasteiger partial charge in [0, 0.05) is 0 Å². The number of carbonyl (C=O) groups excluding carboxylic acids is 1. The van der Waals surface area contributed by atoms with Gasteiger partial charge in [0.1, 0.15) is 12.0 Å². The standard InChI is InChI=1S/C7H9NO4S/c1-5-3-6(4-12-5)7(9)8-13(2,10)11/h3-4H,1-2H3,(H,8,9). The maximum Gasteiger partial charge on any atom is 0.267 e. The molecule has 1 N–H and O–H groups in total. The molecule has 1 heterocycles. The number of carbonyl (C=O) groups is 1. The predicted molar refractivity (Wildman–Crippen MR) is 45.8 cm³/mol. The maximum absolute atomic E-state index is 11.1. The van der Waals surface area contributed by atoms with Crippen LogP contribution in [0.15, 0.2) is 16.7 Å². The lowest BCUT2D eigenvalue weighted by atomic mass is 10.3. The highest BCUT2D eigenvalue weighted by Crippen LogP contribution is 2.05. The Morgan fingerprint density at radius 3 is 2.54 bits per heavy atom. The third-order valence-electron chi connectivity index (χ3n) is 1.27. The molecule has 13 heavy (non-hydrogen) atoms. The zero-order chi connectivity index (χ0) is 10.1. The van der Waals surface area contributed by atoms with E-state index < -0.39 is 15.9 Å². The minimum Gasteiger partial charge on any atom is -0.469 e. The number of amides is 1. The molecule has 6 heteroatoms. The quantitative estimate of drug-likeness (QED) is 0.748. The second kappa shape index (κ2) is 3.21. The van der Waals surface area contributed by atoms with Crippen LogP contribution in [0.25, 0.3) is 0 Å². The van der Waals surface area contributed by atoms with Gasteiger partial charge < -0.3 is 4.42 Å². The Morgan fingerprint density at radius 1 is 1.54 bits per heavy atom. The fourth-order valence-corrected chi connectivity index (χ4v) is 1.24. The van der Waals surface area contributed by atoms with Crippen molar-refractivity contribution in [2.24, 2.45) is 0 Å². The van der Waals surface area contributed by atoms with Crippen LogP contribution in [0.3, 0.4) is 0 Å². The van der Waals surface area contributed by atoms with Gasteiger partial charge in [-0.2, -0.15) is 0 Å². The van der Waals surface area contributed by atoms with Gasteiger partial charge in [0.25, 0.3) is 5.91 Å². The topological polar surface area (TPSA) is 76.4 Å². The van der Waals surface area contributed by atoms with Gasteiger partial charge >= 0.3 is 0 Å². The summed E-state index contributed by atoms with van der Waals surface area (Å²) < 4.78 is 28.0. The van der Waals surface area contributed by atoms with Crippen molar-refractivity contribution >= 4 is 15.9 Å². The first-order valence-electron chi connectivity index (χ1n) is 3.46. The molecule has 0 atom stereocenters. The van der Waals surface area contributed by atoms with Gasteiger partial charge in [0.05, 0.1) is 11.8 Å².